The molecule has 3 rings (SSSR count). The van der Waals surface area contributed by atoms with Crippen LogP contribution in [0.15, 0.2) is 42.7 Å². The van der Waals surface area contributed by atoms with Crippen LogP contribution in [0.2, 0.25) is 0 Å². The Morgan fingerprint density at radius 2 is 2.05 bits per heavy atom. The molecule has 3 N–H and O–H groups in total. The molecule has 2 aromatic heterocycles. The first-order valence-corrected chi connectivity index (χ1v) is 5.59. The van der Waals surface area contributed by atoms with Crippen LogP contribution in [0.25, 0.3) is 16.7 Å². The van der Waals surface area contributed by atoms with E-state index in [1.54, 1.807) is 10.9 Å². The molecule has 0 fully saturated rings. The molecule has 94 valence electrons. The molecule has 2 heterocycles. The number of hydrogen-bond acceptors (Lipinski definition) is 4. The number of para-hydroxylation sites is 1. The number of anilines is 1. The Morgan fingerprint density at radius 3 is 2.84 bits per heavy atom. The maximum atomic E-state index is 11.1. The average molecular weight is 254 g/mol. The minimum Gasteiger partial charge on any atom is -0.478 e. The van der Waals surface area contributed by atoms with Crippen molar-refractivity contribution in [3.05, 3.63) is 48.3 Å². The molecule has 0 unspecified atom stereocenters. The van der Waals surface area contributed by atoms with Crippen LogP contribution >= 0.6 is 0 Å². The zero-order valence-corrected chi connectivity index (χ0v) is 9.82. The summed E-state index contributed by atoms with van der Waals surface area (Å²) < 4.78 is 1.58. The second-order valence-electron chi connectivity index (χ2n) is 4.05. The number of pyridine rings is 1. The van der Waals surface area contributed by atoms with Crippen LogP contribution in [0.4, 0.5) is 5.69 Å². The number of fused-ring (bicyclic) bond motifs is 1. The Labute approximate surface area is 108 Å². The molecule has 0 aliphatic carbocycles. The first-order chi connectivity index (χ1) is 9.16. The number of nitrogen functional groups attached to an aromatic ring is 1. The number of hydrogen-bond donors (Lipinski definition) is 2. The normalized spacial score (nSPS) is 10.7. The molecule has 3 aromatic rings. The molecule has 0 saturated carbocycles. The molecule has 6 heteroatoms. The van der Waals surface area contributed by atoms with Crippen molar-refractivity contribution in [2.45, 2.75) is 0 Å². The van der Waals surface area contributed by atoms with Crippen molar-refractivity contribution >= 4 is 22.6 Å². The van der Waals surface area contributed by atoms with Gasteiger partial charge in [-0.3, -0.25) is 0 Å². The van der Waals surface area contributed by atoms with Crippen LogP contribution in [0.3, 0.4) is 0 Å². The fourth-order valence-electron chi connectivity index (χ4n) is 1.91. The van der Waals surface area contributed by atoms with E-state index in [1.807, 2.05) is 24.3 Å². The van der Waals surface area contributed by atoms with Crippen molar-refractivity contribution in [3.63, 3.8) is 0 Å². The summed E-state index contributed by atoms with van der Waals surface area (Å²) in [6.45, 7) is 0. The van der Waals surface area contributed by atoms with Crippen molar-refractivity contribution in [2.75, 3.05) is 5.73 Å². The molecule has 0 bridgehead atoms. The van der Waals surface area contributed by atoms with Crippen molar-refractivity contribution in [2.24, 2.45) is 0 Å². The number of aromatic carboxylic acids is 1. The van der Waals surface area contributed by atoms with Crippen molar-refractivity contribution in [3.8, 4) is 5.82 Å². The van der Waals surface area contributed by atoms with Crippen molar-refractivity contribution in [1.82, 2.24) is 14.8 Å². The van der Waals surface area contributed by atoms with E-state index in [0.29, 0.717) is 5.82 Å². The Balaban J connectivity index is 2.22. The molecular weight excluding hydrogens is 244 g/mol. The second-order valence-corrected chi connectivity index (χ2v) is 4.05. The molecular formula is C13H10N4O2. The molecule has 0 radical (unpaired) electrons. The molecule has 19 heavy (non-hydrogen) atoms. The van der Waals surface area contributed by atoms with Gasteiger partial charge in [-0.2, -0.15) is 5.10 Å². The Kier molecular flexibility index (Phi) is 2.42. The third kappa shape index (κ3) is 1.79. The first-order valence-electron chi connectivity index (χ1n) is 5.59. The molecule has 0 spiro atoms. The topological polar surface area (TPSA) is 94.0 Å². The lowest BCUT2D eigenvalue weighted by atomic mass is 10.2. The van der Waals surface area contributed by atoms with E-state index in [9.17, 15) is 4.79 Å². The molecule has 0 saturated heterocycles. The van der Waals surface area contributed by atoms with E-state index in [4.69, 9.17) is 10.8 Å². The summed E-state index contributed by atoms with van der Waals surface area (Å²) in [4.78, 5) is 15.2. The van der Waals surface area contributed by atoms with Gasteiger partial charge in [-0.25, -0.2) is 14.5 Å². The number of nitrogens with two attached hydrogens (primary N) is 1. The summed E-state index contributed by atoms with van der Waals surface area (Å²) >= 11 is 0. The van der Waals surface area contributed by atoms with Gasteiger partial charge in [0, 0.05) is 5.39 Å². The highest BCUT2D eigenvalue weighted by atomic mass is 16.4. The second kappa shape index (κ2) is 4.09. The zero-order valence-electron chi connectivity index (χ0n) is 9.82. The zero-order chi connectivity index (χ0) is 13.4. The third-order valence-corrected chi connectivity index (χ3v) is 2.84. The fourth-order valence-corrected chi connectivity index (χ4v) is 1.91. The minimum absolute atomic E-state index is 0.0181. The average Bonchev–Trinajstić information content (AvgIpc) is 2.83. The number of carboxylic acid groups (broad SMARTS) is 1. The summed E-state index contributed by atoms with van der Waals surface area (Å²) in [6.07, 6.45) is 3.03. The van der Waals surface area contributed by atoms with Crippen LogP contribution in [0.5, 0.6) is 0 Å². The number of nitrogens with zero attached hydrogens (tertiary/aromatic N) is 3. The van der Waals surface area contributed by atoms with Crippen LogP contribution in [0, 0.1) is 0 Å². The van der Waals surface area contributed by atoms with E-state index in [-0.39, 0.29) is 11.3 Å². The molecule has 6 nitrogen and oxygen atoms in total. The maximum absolute atomic E-state index is 11.1. The van der Waals surface area contributed by atoms with E-state index >= 15 is 0 Å². The van der Waals surface area contributed by atoms with Crippen LogP contribution < -0.4 is 5.73 Å². The third-order valence-electron chi connectivity index (χ3n) is 2.84. The fraction of sp³-hybridized carbons (Fsp3) is 0. The lowest BCUT2D eigenvalue weighted by molar-refractivity contribution is 0.0698. The maximum Gasteiger partial charge on any atom is 0.337 e. The van der Waals surface area contributed by atoms with Gasteiger partial charge >= 0.3 is 5.97 Å². The van der Waals surface area contributed by atoms with Gasteiger partial charge in [0.15, 0.2) is 5.82 Å². The van der Waals surface area contributed by atoms with Gasteiger partial charge in [-0.15, -0.1) is 0 Å². The van der Waals surface area contributed by atoms with Crippen molar-refractivity contribution in [1.29, 1.82) is 0 Å². The monoisotopic (exact) mass is 254 g/mol. The molecule has 0 atom stereocenters. The largest absolute Gasteiger partial charge is 0.478 e. The minimum atomic E-state index is -1.09. The van der Waals surface area contributed by atoms with Gasteiger partial charge < -0.3 is 10.8 Å². The highest BCUT2D eigenvalue weighted by Gasteiger charge is 2.12. The predicted molar refractivity (Wildman–Crippen MR) is 70.2 cm³/mol. The van der Waals surface area contributed by atoms with Gasteiger partial charge in [0.2, 0.25) is 0 Å². The van der Waals surface area contributed by atoms with Crippen LogP contribution in [-0.4, -0.2) is 25.8 Å². The van der Waals surface area contributed by atoms with E-state index in [2.05, 4.69) is 10.1 Å². The highest BCUT2D eigenvalue weighted by Crippen LogP contribution is 2.19. The Bertz CT molecular complexity index is 779. The van der Waals surface area contributed by atoms with Gasteiger partial charge in [-0.05, 0) is 12.1 Å². The van der Waals surface area contributed by atoms with E-state index < -0.39 is 5.97 Å². The smallest absolute Gasteiger partial charge is 0.337 e. The number of carboxylic acids is 1. The predicted octanol–water partition coefficient (Wildman–Crippen LogP) is 1.70. The molecule has 0 aliphatic rings. The van der Waals surface area contributed by atoms with E-state index in [0.717, 1.165) is 10.9 Å². The lowest BCUT2D eigenvalue weighted by Crippen LogP contribution is -2.07. The van der Waals surface area contributed by atoms with Gasteiger partial charge in [0.1, 0.15) is 0 Å². The van der Waals surface area contributed by atoms with Crippen LogP contribution in [-0.2, 0) is 0 Å². The van der Waals surface area contributed by atoms with Gasteiger partial charge in [0.25, 0.3) is 0 Å². The Hall–Kier alpha value is -2.89. The number of benzene rings is 1. The van der Waals surface area contributed by atoms with Crippen LogP contribution in [0.1, 0.15) is 10.4 Å². The summed E-state index contributed by atoms with van der Waals surface area (Å²) in [5, 5.41) is 14.2. The molecule has 1 aromatic carbocycles. The SMILES string of the molecule is Nc1cnc(-n2ncc3ccccc32)cc1C(=O)O. The number of aromatic nitrogens is 3. The summed E-state index contributed by atoms with van der Waals surface area (Å²) in [7, 11) is 0. The summed E-state index contributed by atoms with van der Waals surface area (Å²) in [5.74, 6) is -0.662. The highest BCUT2D eigenvalue weighted by molar-refractivity contribution is 5.94. The quantitative estimate of drug-likeness (QED) is 0.725. The summed E-state index contributed by atoms with van der Waals surface area (Å²) in [5.41, 5.74) is 6.59. The lowest BCUT2D eigenvalue weighted by Gasteiger charge is -2.05. The van der Waals surface area contributed by atoms with Crippen molar-refractivity contribution < 1.29 is 9.90 Å². The first kappa shape index (κ1) is 11.2. The summed E-state index contributed by atoms with van der Waals surface area (Å²) in [6, 6.07) is 9.02. The standard InChI is InChI=1S/C13H10N4O2/c14-10-7-15-12(5-9(10)13(18)19)17-11-4-2-1-3-8(11)6-16-17/h1-7H,14H2,(H,18,19). The number of carbonyl (C=O) groups is 1. The Morgan fingerprint density at radius 1 is 1.26 bits per heavy atom. The molecule has 0 aliphatic heterocycles. The van der Waals surface area contributed by atoms with E-state index in [1.165, 1.54) is 12.3 Å². The van der Waals surface area contributed by atoms with Gasteiger partial charge in [-0.1, -0.05) is 18.2 Å². The number of rotatable bonds is 2. The molecule has 0 amide bonds. The van der Waals surface area contributed by atoms with Gasteiger partial charge in [0.05, 0.1) is 29.2 Å².